The SMILES string of the molecule is COc1cccc(NC(N)=NCc2ccc(OCCCN(C)C)cc2)c1.I. The highest BCUT2D eigenvalue weighted by atomic mass is 127. The number of nitrogens with zero attached hydrogens (tertiary/aromatic N) is 2. The molecule has 0 aromatic heterocycles. The second-order valence-electron chi connectivity index (χ2n) is 6.21. The number of nitrogens with one attached hydrogen (secondary N) is 1. The van der Waals surface area contributed by atoms with Gasteiger partial charge in [-0.2, -0.15) is 0 Å². The summed E-state index contributed by atoms with van der Waals surface area (Å²) in [6, 6.07) is 15.5. The van der Waals surface area contributed by atoms with Gasteiger partial charge in [-0.15, -0.1) is 24.0 Å². The number of ether oxygens (including phenoxy) is 2. The maximum Gasteiger partial charge on any atom is 0.193 e. The lowest BCUT2D eigenvalue weighted by Crippen LogP contribution is -2.22. The second-order valence-corrected chi connectivity index (χ2v) is 6.21. The van der Waals surface area contributed by atoms with Gasteiger partial charge in [0, 0.05) is 18.3 Å². The maximum absolute atomic E-state index is 5.95. The van der Waals surface area contributed by atoms with E-state index in [0.29, 0.717) is 19.1 Å². The van der Waals surface area contributed by atoms with Gasteiger partial charge in [0.2, 0.25) is 0 Å². The Labute approximate surface area is 178 Å². The first kappa shape index (κ1) is 23.0. The van der Waals surface area contributed by atoms with Gasteiger partial charge in [-0.1, -0.05) is 18.2 Å². The first-order valence-corrected chi connectivity index (χ1v) is 8.64. The molecule has 0 atom stereocenters. The van der Waals surface area contributed by atoms with Crippen molar-refractivity contribution in [3.05, 3.63) is 54.1 Å². The quantitative estimate of drug-likeness (QED) is 0.247. The van der Waals surface area contributed by atoms with E-state index in [2.05, 4.69) is 29.3 Å². The third kappa shape index (κ3) is 8.96. The molecule has 2 aromatic rings. The van der Waals surface area contributed by atoms with Crippen molar-refractivity contribution in [3.63, 3.8) is 0 Å². The molecule has 0 spiro atoms. The lowest BCUT2D eigenvalue weighted by Gasteiger charge is -2.10. The Morgan fingerprint density at radius 3 is 2.52 bits per heavy atom. The molecule has 0 fully saturated rings. The molecule has 0 radical (unpaired) electrons. The van der Waals surface area contributed by atoms with Crippen molar-refractivity contribution < 1.29 is 9.47 Å². The van der Waals surface area contributed by atoms with Crippen LogP contribution >= 0.6 is 24.0 Å². The van der Waals surface area contributed by atoms with Gasteiger partial charge < -0.3 is 25.4 Å². The van der Waals surface area contributed by atoms with E-state index in [9.17, 15) is 0 Å². The number of rotatable bonds is 9. The van der Waals surface area contributed by atoms with Gasteiger partial charge in [0.25, 0.3) is 0 Å². The van der Waals surface area contributed by atoms with Crippen LogP contribution in [0.15, 0.2) is 53.5 Å². The Hall–Kier alpha value is -2.00. The number of hydrogen-bond donors (Lipinski definition) is 2. The standard InChI is InChI=1S/C20H28N4O2.HI/c1-24(2)12-5-13-26-18-10-8-16(9-11-18)15-22-20(21)23-17-6-4-7-19(14-17)25-3;/h4,6-11,14H,5,12-13,15H2,1-3H3,(H3,21,22,23);1H. The van der Waals surface area contributed by atoms with E-state index in [1.807, 2.05) is 48.5 Å². The minimum absolute atomic E-state index is 0. The summed E-state index contributed by atoms with van der Waals surface area (Å²) in [7, 11) is 5.75. The number of hydrogen-bond acceptors (Lipinski definition) is 4. The van der Waals surface area contributed by atoms with Crippen LogP contribution in [0.3, 0.4) is 0 Å². The van der Waals surface area contributed by atoms with Crippen LogP contribution in [0.25, 0.3) is 0 Å². The van der Waals surface area contributed by atoms with Gasteiger partial charge in [0.15, 0.2) is 5.96 Å². The van der Waals surface area contributed by atoms with Gasteiger partial charge >= 0.3 is 0 Å². The zero-order chi connectivity index (χ0) is 18.8. The predicted octanol–water partition coefficient (Wildman–Crippen LogP) is 3.57. The molecule has 0 saturated carbocycles. The third-order valence-corrected chi connectivity index (χ3v) is 3.72. The highest BCUT2D eigenvalue weighted by molar-refractivity contribution is 14.0. The van der Waals surface area contributed by atoms with Crippen LogP contribution in [0.1, 0.15) is 12.0 Å². The number of aliphatic imine (C=N–C) groups is 1. The molecular formula is C20H29IN4O2. The summed E-state index contributed by atoms with van der Waals surface area (Å²) in [6.07, 6.45) is 1.01. The molecule has 27 heavy (non-hydrogen) atoms. The van der Waals surface area contributed by atoms with Gasteiger partial charge in [-0.05, 0) is 50.3 Å². The smallest absolute Gasteiger partial charge is 0.193 e. The number of nitrogens with two attached hydrogens (primary N) is 1. The van der Waals surface area contributed by atoms with Crippen LogP contribution in [0, 0.1) is 0 Å². The molecule has 0 aliphatic carbocycles. The lowest BCUT2D eigenvalue weighted by atomic mass is 10.2. The summed E-state index contributed by atoms with van der Waals surface area (Å²) in [5.74, 6) is 2.00. The molecule has 0 bridgehead atoms. The fourth-order valence-electron chi connectivity index (χ4n) is 2.33. The average Bonchev–Trinajstić information content (AvgIpc) is 2.64. The number of halogens is 1. The minimum atomic E-state index is 0. The van der Waals surface area contributed by atoms with E-state index >= 15 is 0 Å². The van der Waals surface area contributed by atoms with Crippen molar-refractivity contribution in [2.45, 2.75) is 13.0 Å². The largest absolute Gasteiger partial charge is 0.497 e. The van der Waals surface area contributed by atoms with Gasteiger partial charge in [-0.25, -0.2) is 4.99 Å². The van der Waals surface area contributed by atoms with Crippen LogP contribution in [-0.4, -0.2) is 45.2 Å². The first-order chi connectivity index (χ1) is 12.6. The van der Waals surface area contributed by atoms with Crippen molar-refractivity contribution in [2.75, 3.05) is 39.7 Å². The van der Waals surface area contributed by atoms with E-state index in [4.69, 9.17) is 15.2 Å². The molecule has 0 aliphatic rings. The Balaban J connectivity index is 0.00000364. The van der Waals surface area contributed by atoms with Crippen molar-refractivity contribution in [2.24, 2.45) is 10.7 Å². The van der Waals surface area contributed by atoms with E-state index in [0.717, 1.165) is 35.7 Å². The number of anilines is 1. The van der Waals surface area contributed by atoms with Crippen molar-refractivity contribution in [1.29, 1.82) is 0 Å². The van der Waals surface area contributed by atoms with Crippen molar-refractivity contribution in [1.82, 2.24) is 4.90 Å². The Bertz CT molecular complexity index is 705. The van der Waals surface area contributed by atoms with Gasteiger partial charge in [-0.3, -0.25) is 0 Å². The van der Waals surface area contributed by atoms with Crippen LogP contribution in [0.5, 0.6) is 11.5 Å². The summed E-state index contributed by atoms with van der Waals surface area (Å²) >= 11 is 0. The Morgan fingerprint density at radius 2 is 1.85 bits per heavy atom. The molecule has 0 aliphatic heterocycles. The molecule has 2 rings (SSSR count). The Morgan fingerprint density at radius 1 is 1.11 bits per heavy atom. The van der Waals surface area contributed by atoms with Crippen LogP contribution in [0.4, 0.5) is 5.69 Å². The van der Waals surface area contributed by atoms with E-state index in [1.54, 1.807) is 7.11 Å². The number of guanidine groups is 1. The summed E-state index contributed by atoms with van der Waals surface area (Å²) in [4.78, 5) is 6.51. The molecule has 3 N–H and O–H groups in total. The van der Waals surface area contributed by atoms with Crippen molar-refractivity contribution in [3.8, 4) is 11.5 Å². The Kier molecular flexibility index (Phi) is 10.6. The molecule has 0 heterocycles. The molecule has 0 saturated heterocycles. The topological polar surface area (TPSA) is 72.1 Å². The van der Waals surface area contributed by atoms with E-state index in [-0.39, 0.29) is 24.0 Å². The fraction of sp³-hybridized carbons (Fsp3) is 0.350. The van der Waals surface area contributed by atoms with Gasteiger partial charge in [0.05, 0.1) is 20.3 Å². The highest BCUT2D eigenvalue weighted by Gasteiger charge is 1.99. The van der Waals surface area contributed by atoms with Crippen LogP contribution in [0.2, 0.25) is 0 Å². The average molecular weight is 484 g/mol. The number of benzene rings is 2. The van der Waals surface area contributed by atoms with Crippen LogP contribution in [-0.2, 0) is 6.54 Å². The summed E-state index contributed by atoms with van der Waals surface area (Å²) < 4.78 is 10.9. The molecular weight excluding hydrogens is 455 g/mol. The second kappa shape index (κ2) is 12.4. The molecule has 2 aromatic carbocycles. The summed E-state index contributed by atoms with van der Waals surface area (Å²) in [5, 5.41) is 3.06. The molecule has 148 valence electrons. The first-order valence-electron chi connectivity index (χ1n) is 8.64. The predicted molar refractivity (Wildman–Crippen MR) is 122 cm³/mol. The lowest BCUT2D eigenvalue weighted by molar-refractivity contribution is 0.281. The van der Waals surface area contributed by atoms with Gasteiger partial charge in [0.1, 0.15) is 11.5 Å². The zero-order valence-corrected chi connectivity index (χ0v) is 18.5. The monoisotopic (exact) mass is 484 g/mol. The minimum Gasteiger partial charge on any atom is -0.497 e. The molecule has 6 nitrogen and oxygen atoms in total. The zero-order valence-electron chi connectivity index (χ0n) is 16.1. The molecule has 0 amide bonds. The van der Waals surface area contributed by atoms with E-state index in [1.165, 1.54) is 0 Å². The molecule has 0 unspecified atom stereocenters. The molecule has 7 heteroatoms. The summed E-state index contributed by atoms with van der Waals surface area (Å²) in [5.41, 5.74) is 7.86. The third-order valence-electron chi connectivity index (χ3n) is 3.72. The highest BCUT2D eigenvalue weighted by Crippen LogP contribution is 2.16. The number of methoxy groups -OCH3 is 1. The maximum atomic E-state index is 5.95. The van der Waals surface area contributed by atoms with Crippen molar-refractivity contribution >= 4 is 35.6 Å². The van der Waals surface area contributed by atoms with Crippen LogP contribution < -0.4 is 20.5 Å². The summed E-state index contributed by atoms with van der Waals surface area (Å²) in [6.45, 7) is 2.24. The van der Waals surface area contributed by atoms with E-state index < -0.39 is 0 Å². The normalized spacial score (nSPS) is 11.0. The fourth-order valence-corrected chi connectivity index (χ4v) is 2.33.